The minimum atomic E-state index is -0.428. The van der Waals surface area contributed by atoms with Crippen LogP contribution in [0.15, 0.2) is 42.5 Å². The topological polar surface area (TPSA) is 83.1 Å². The highest BCUT2D eigenvalue weighted by Gasteiger charge is 2.13. The number of nitrogens with one attached hydrogen (secondary N) is 1. The van der Waals surface area contributed by atoms with Crippen LogP contribution in [0, 0.1) is 0 Å². The number of anilines is 1. The molecule has 0 bridgehead atoms. The molecule has 2 aromatic rings. The molecule has 7 heteroatoms. The summed E-state index contributed by atoms with van der Waals surface area (Å²) in [4.78, 5) is 23.3. The number of carbonyl (C=O) groups is 2. The molecule has 2 aromatic carbocycles. The quantitative estimate of drug-likeness (QED) is 0.839. The number of carbonyl (C=O) groups excluding carboxylic acids is 2. The second-order valence-corrected chi connectivity index (χ2v) is 5.21. The van der Waals surface area contributed by atoms with Crippen LogP contribution in [0.5, 0.6) is 17.2 Å². The van der Waals surface area contributed by atoms with Crippen molar-refractivity contribution in [2.24, 2.45) is 0 Å². The van der Waals surface area contributed by atoms with Gasteiger partial charge in [-0.1, -0.05) is 0 Å². The normalized spacial score (nSPS) is 12.2. The molecule has 7 nitrogen and oxygen atoms in total. The van der Waals surface area contributed by atoms with E-state index in [0.29, 0.717) is 41.7 Å². The van der Waals surface area contributed by atoms with Crippen LogP contribution in [0.3, 0.4) is 0 Å². The summed E-state index contributed by atoms with van der Waals surface area (Å²) in [5.41, 5.74) is 1.01. The maximum atomic E-state index is 12.0. The highest BCUT2D eigenvalue weighted by molar-refractivity contribution is 5.92. The molecule has 25 heavy (non-hydrogen) atoms. The molecule has 130 valence electrons. The minimum Gasteiger partial charge on any atom is -0.486 e. The van der Waals surface area contributed by atoms with Crippen LogP contribution in [-0.4, -0.2) is 38.8 Å². The van der Waals surface area contributed by atoms with Gasteiger partial charge in [-0.2, -0.15) is 0 Å². The lowest BCUT2D eigenvalue weighted by Gasteiger charge is -2.19. The van der Waals surface area contributed by atoms with Crippen molar-refractivity contribution in [3.05, 3.63) is 48.0 Å². The molecule has 1 amide bonds. The van der Waals surface area contributed by atoms with Crippen LogP contribution in [0.1, 0.15) is 10.4 Å². The summed E-state index contributed by atoms with van der Waals surface area (Å²) >= 11 is 0. The van der Waals surface area contributed by atoms with E-state index in [1.807, 2.05) is 0 Å². The van der Waals surface area contributed by atoms with Crippen molar-refractivity contribution >= 4 is 17.6 Å². The summed E-state index contributed by atoms with van der Waals surface area (Å²) in [6.07, 6.45) is 0. The first-order valence-corrected chi connectivity index (χ1v) is 7.66. The molecule has 0 saturated heterocycles. The van der Waals surface area contributed by atoms with Crippen molar-refractivity contribution in [1.29, 1.82) is 0 Å². The third-order valence-electron chi connectivity index (χ3n) is 3.47. The van der Waals surface area contributed by atoms with Gasteiger partial charge in [0.05, 0.1) is 12.7 Å². The smallest absolute Gasteiger partial charge is 0.337 e. The third-order valence-corrected chi connectivity index (χ3v) is 3.47. The standard InChI is InChI=1S/C18H17NO6/c1-22-18(21)12-2-5-14(6-3-12)25-11-17(20)19-13-4-7-15-16(10-13)24-9-8-23-15/h2-7,10H,8-9,11H2,1H3,(H,19,20). The second kappa shape index (κ2) is 7.57. The monoisotopic (exact) mass is 343 g/mol. The van der Waals surface area contributed by atoms with Crippen molar-refractivity contribution in [2.75, 3.05) is 32.2 Å². The molecule has 0 radical (unpaired) electrons. The Morgan fingerprint density at radius 2 is 1.76 bits per heavy atom. The van der Waals surface area contributed by atoms with Crippen molar-refractivity contribution in [3.8, 4) is 17.2 Å². The van der Waals surface area contributed by atoms with Crippen LogP contribution >= 0.6 is 0 Å². The highest BCUT2D eigenvalue weighted by Crippen LogP contribution is 2.32. The van der Waals surface area contributed by atoms with Gasteiger partial charge in [-0.25, -0.2) is 4.79 Å². The fraction of sp³-hybridized carbons (Fsp3) is 0.222. The lowest BCUT2D eigenvalue weighted by molar-refractivity contribution is -0.118. The van der Waals surface area contributed by atoms with Gasteiger partial charge in [0.15, 0.2) is 18.1 Å². The van der Waals surface area contributed by atoms with E-state index in [1.54, 1.807) is 42.5 Å². The Hall–Kier alpha value is -3.22. The van der Waals surface area contributed by atoms with Gasteiger partial charge in [0.2, 0.25) is 0 Å². The summed E-state index contributed by atoms with van der Waals surface area (Å²) in [6.45, 7) is 0.836. The fourth-order valence-corrected chi connectivity index (χ4v) is 2.27. The number of ether oxygens (including phenoxy) is 4. The highest BCUT2D eigenvalue weighted by atomic mass is 16.6. The SMILES string of the molecule is COC(=O)c1ccc(OCC(=O)Nc2ccc3c(c2)OCCO3)cc1. The maximum Gasteiger partial charge on any atom is 0.337 e. The molecule has 1 aliphatic rings. The van der Waals surface area contributed by atoms with Crippen molar-refractivity contribution in [3.63, 3.8) is 0 Å². The number of esters is 1. The number of fused-ring (bicyclic) bond motifs is 1. The van der Waals surface area contributed by atoms with Gasteiger partial charge in [-0.3, -0.25) is 4.79 Å². The Labute approximate surface area is 144 Å². The number of rotatable bonds is 5. The Bertz CT molecular complexity index is 772. The second-order valence-electron chi connectivity index (χ2n) is 5.21. The minimum absolute atomic E-state index is 0.161. The molecular formula is C18H17NO6. The largest absolute Gasteiger partial charge is 0.486 e. The first kappa shape index (κ1) is 16.6. The fourth-order valence-electron chi connectivity index (χ4n) is 2.27. The van der Waals surface area contributed by atoms with E-state index in [0.717, 1.165) is 0 Å². The van der Waals surface area contributed by atoms with Gasteiger partial charge in [-0.15, -0.1) is 0 Å². The zero-order chi connectivity index (χ0) is 17.6. The number of hydrogen-bond acceptors (Lipinski definition) is 6. The maximum absolute atomic E-state index is 12.0. The molecule has 0 fully saturated rings. The van der Waals surface area contributed by atoms with Crippen LogP contribution in [-0.2, 0) is 9.53 Å². The van der Waals surface area contributed by atoms with Crippen molar-refractivity contribution in [2.45, 2.75) is 0 Å². The summed E-state index contributed by atoms with van der Waals surface area (Å²) in [6, 6.07) is 11.5. The molecular weight excluding hydrogens is 326 g/mol. The van der Waals surface area contributed by atoms with Crippen molar-refractivity contribution in [1.82, 2.24) is 0 Å². The van der Waals surface area contributed by atoms with Crippen LogP contribution < -0.4 is 19.5 Å². The average molecular weight is 343 g/mol. The number of amides is 1. The van der Waals surface area contributed by atoms with E-state index < -0.39 is 5.97 Å². The third kappa shape index (κ3) is 4.20. The van der Waals surface area contributed by atoms with E-state index in [9.17, 15) is 9.59 Å². The number of methoxy groups -OCH3 is 1. The molecule has 0 atom stereocenters. The van der Waals surface area contributed by atoms with Gasteiger partial charge in [-0.05, 0) is 36.4 Å². The van der Waals surface area contributed by atoms with Gasteiger partial charge >= 0.3 is 5.97 Å². The Balaban J connectivity index is 1.53. The van der Waals surface area contributed by atoms with Crippen molar-refractivity contribution < 1.29 is 28.5 Å². The summed E-state index contributed by atoms with van der Waals surface area (Å²) in [5, 5.41) is 2.73. The predicted octanol–water partition coefficient (Wildman–Crippen LogP) is 2.26. The Morgan fingerprint density at radius 1 is 1.04 bits per heavy atom. The molecule has 0 aromatic heterocycles. The summed E-state index contributed by atoms with van der Waals surface area (Å²) in [7, 11) is 1.31. The summed E-state index contributed by atoms with van der Waals surface area (Å²) in [5.74, 6) is 0.996. The number of hydrogen-bond donors (Lipinski definition) is 1. The van der Waals surface area contributed by atoms with Gasteiger partial charge in [0.25, 0.3) is 5.91 Å². The van der Waals surface area contributed by atoms with Gasteiger partial charge in [0.1, 0.15) is 19.0 Å². The lowest BCUT2D eigenvalue weighted by Crippen LogP contribution is -2.20. The van der Waals surface area contributed by atoms with E-state index >= 15 is 0 Å². The zero-order valence-electron chi connectivity index (χ0n) is 13.6. The molecule has 1 heterocycles. The van der Waals surface area contributed by atoms with Gasteiger partial charge in [0, 0.05) is 11.8 Å². The molecule has 0 aliphatic carbocycles. The van der Waals surface area contributed by atoms with Crippen LogP contribution in [0.4, 0.5) is 5.69 Å². The van der Waals surface area contributed by atoms with Crippen LogP contribution in [0.2, 0.25) is 0 Å². The molecule has 0 spiro atoms. The lowest BCUT2D eigenvalue weighted by atomic mass is 10.2. The van der Waals surface area contributed by atoms with E-state index in [2.05, 4.69) is 10.1 Å². The molecule has 0 saturated carbocycles. The molecule has 3 rings (SSSR count). The molecule has 0 unspecified atom stereocenters. The molecule has 1 N–H and O–H groups in total. The Kier molecular flexibility index (Phi) is 5.03. The first-order chi connectivity index (χ1) is 12.2. The molecule has 1 aliphatic heterocycles. The van der Waals surface area contributed by atoms with E-state index in [1.165, 1.54) is 7.11 Å². The van der Waals surface area contributed by atoms with Crippen LogP contribution in [0.25, 0.3) is 0 Å². The number of benzene rings is 2. The average Bonchev–Trinajstić information content (AvgIpc) is 2.66. The van der Waals surface area contributed by atoms with E-state index in [4.69, 9.17) is 14.2 Å². The van der Waals surface area contributed by atoms with Gasteiger partial charge < -0.3 is 24.3 Å². The zero-order valence-corrected chi connectivity index (χ0v) is 13.6. The first-order valence-electron chi connectivity index (χ1n) is 7.66. The Morgan fingerprint density at radius 3 is 2.48 bits per heavy atom. The summed E-state index contributed by atoms with van der Waals surface area (Å²) < 4.78 is 20.9. The van der Waals surface area contributed by atoms with E-state index in [-0.39, 0.29) is 12.5 Å². The predicted molar refractivity (Wildman–Crippen MR) is 89.3 cm³/mol.